The molecule has 0 unspecified atom stereocenters. The lowest BCUT2D eigenvalue weighted by atomic mass is 10.1. The maximum atomic E-state index is 10.7. The summed E-state index contributed by atoms with van der Waals surface area (Å²) < 4.78 is 5.96. The molecule has 1 aromatic rings. The molecule has 2 N–H and O–H groups in total. The topological polar surface area (TPSA) is 66.8 Å². The minimum absolute atomic E-state index is 0.105. The molecule has 0 aliphatic rings. The SMILES string of the molecule is C\C=C(/C=C(C)\C(=C\CC)Oc1ccc(O)c(C)c1)CCC(=O)O. The molecule has 0 saturated carbocycles. The Bertz CT molecular complexity index is 666. The van der Waals surface area contributed by atoms with E-state index in [2.05, 4.69) is 0 Å². The number of allylic oxidation sites excluding steroid dienone is 5. The van der Waals surface area contributed by atoms with Crippen LogP contribution in [0.2, 0.25) is 0 Å². The van der Waals surface area contributed by atoms with Crippen LogP contribution in [0, 0.1) is 6.92 Å². The van der Waals surface area contributed by atoms with Crippen LogP contribution in [0.3, 0.4) is 0 Å². The summed E-state index contributed by atoms with van der Waals surface area (Å²) in [6, 6.07) is 5.12. The van der Waals surface area contributed by atoms with Crippen molar-refractivity contribution in [3.05, 3.63) is 58.9 Å². The lowest BCUT2D eigenvalue weighted by molar-refractivity contribution is -0.136. The Kier molecular flexibility index (Phi) is 7.83. The molecule has 130 valence electrons. The van der Waals surface area contributed by atoms with Crippen molar-refractivity contribution < 1.29 is 19.7 Å². The van der Waals surface area contributed by atoms with Gasteiger partial charge in [-0.2, -0.15) is 0 Å². The first-order valence-corrected chi connectivity index (χ1v) is 8.10. The van der Waals surface area contributed by atoms with Crippen molar-refractivity contribution in [3.63, 3.8) is 0 Å². The fraction of sp³-hybridized carbons (Fsp3) is 0.350. The van der Waals surface area contributed by atoms with Gasteiger partial charge < -0.3 is 14.9 Å². The van der Waals surface area contributed by atoms with Crippen LogP contribution < -0.4 is 4.74 Å². The first kappa shape index (κ1) is 19.6. The second kappa shape index (κ2) is 9.60. The number of hydrogen-bond acceptors (Lipinski definition) is 3. The van der Waals surface area contributed by atoms with Crippen LogP contribution in [0.25, 0.3) is 0 Å². The van der Waals surface area contributed by atoms with E-state index >= 15 is 0 Å². The van der Waals surface area contributed by atoms with E-state index in [1.807, 2.05) is 45.9 Å². The first-order chi connectivity index (χ1) is 11.4. The summed E-state index contributed by atoms with van der Waals surface area (Å²) in [5, 5.41) is 18.4. The third kappa shape index (κ3) is 6.32. The second-order valence-electron chi connectivity index (χ2n) is 5.61. The Morgan fingerprint density at radius 2 is 2.00 bits per heavy atom. The fourth-order valence-corrected chi connectivity index (χ4v) is 2.19. The summed E-state index contributed by atoms with van der Waals surface area (Å²) in [4.78, 5) is 10.7. The minimum atomic E-state index is -0.805. The fourth-order valence-electron chi connectivity index (χ4n) is 2.19. The van der Waals surface area contributed by atoms with Crippen LogP contribution in [0.1, 0.15) is 45.6 Å². The Labute approximate surface area is 143 Å². The molecule has 0 saturated heterocycles. The normalized spacial score (nSPS) is 13.1. The van der Waals surface area contributed by atoms with E-state index in [1.54, 1.807) is 18.2 Å². The molecular weight excluding hydrogens is 304 g/mol. The summed E-state index contributed by atoms with van der Waals surface area (Å²) >= 11 is 0. The molecule has 0 aromatic heterocycles. The smallest absolute Gasteiger partial charge is 0.303 e. The Morgan fingerprint density at radius 1 is 1.29 bits per heavy atom. The molecule has 0 atom stereocenters. The zero-order valence-corrected chi connectivity index (χ0v) is 14.8. The largest absolute Gasteiger partial charge is 0.508 e. The summed E-state index contributed by atoms with van der Waals surface area (Å²) in [5.74, 6) is 0.823. The number of phenolic OH excluding ortho intramolecular Hbond substituents is 1. The van der Waals surface area contributed by atoms with Gasteiger partial charge in [-0.05, 0) is 69.0 Å². The van der Waals surface area contributed by atoms with E-state index in [0.29, 0.717) is 12.2 Å². The van der Waals surface area contributed by atoms with Gasteiger partial charge in [0.1, 0.15) is 17.3 Å². The lowest BCUT2D eigenvalue weighted by Crippen LogP contribution is -1.99. The van der Waals surface area contributed by atoms with Crippen LogP contribution in [-0.4, -0.2) is 16.2 Å². The van der Waals surface area contributed by atoms with Crippen molar-refractivity contribution in [2.75, 3.05) is 0 Å². The molecule has 4 nitrogen and oxygen atoms in total. The highest BCUT2D eigenvalue weighted by molar-refractivity contribution is 5.67. The average molecular weight is 330 g/mol. The molecule has 0 bridgehead atoms. The van der Waals surface area contributed by atoms with Gasteiger partial charge in [0.15, 0.2) is 0 Å². The number of aryl methyl sites for hydroxylation is 1. The van der Waals surface area contributed by atoms with Gasteiger partial charge in [0.2, 0.25) is 0 Å². The molecule has 4 heteroatoms. The van der Waals surface area contributed by atoms with Crippen molar-refractivity contribution in [2.45, 2.75) is 47.0 Å². The molecule has 1 aromatic carbocycles. The summed E-state index contributed by atoms with van der Waals surface area (Å²) in [7, 11) is 0. The van der Waals surface area contributed by atoms with Crippen LogP contribution in [0.15, 0.2) is 53.3 Å². The standard InChI is InChI=1S/C20H26O4/c1-5-7-19(24-17-9-10-18(21)14(3)13-17)15(4)12-16(6-2)8-11-20(22)23/h6-7,9-10,12-13,21H,5,8,11H2,1-4H3,(H,22,23)/b15-12-,16-6-,19-7-. The number of carboxylic acids is 1. The van der Waals surface area contributed by atoms with Crippen molar-refractivity contribution in [1.82, 2.24) is 0 Å². The zero-order valence-electron chi connectivity index (χ0n) is 14.8. The molecule has 0 amide bonds. The van der Waals surface area contributed by atoms with Crippen LogP contribution in [-0.2, 0) is 4.79 Å². The third-order valence-electron chi connectivity index (χ3n) is 3.57. The number of aromatic hydroxyl groups is 1. The van der Waals surface area contributed by atoms with Gasteiger partial charge in [-0.15, -0.1) is 0 Å². The number of carbonyl (C=O) groups is 1. The monoisotopic (exact) mass is 330 g/mol. The van der Waals surface area contributed by atoms with E-state index in [-0.39, 0.29) is 12.2 Å². The molecular formula is C20H26O4. The van der Waals surface area contributed by atoms with Gasteiger partial charge in [-0.1, -0.05) is 24.6 Å². The van der Waals surface area contributed by atoms with Crippen LogP contribution >= 0.6 is 0 Å². The highest BCUT2D eigenvalue weighted by Crippen LogP contribution is 2.26. The average Bonchev–Trinajstić information content (AvgIpc) is 2.54. The van der Waals surface area contributed by atoms with Crippen molar-refractivity contribution >= 4 is 5.97 Å². The van der Waals surface area contributed by atoms with Crippen molar-refractivity contribution in [3.8, 4) is 11.5 Å². The molecule has 1 rings (SSSR count). The molecule has 24 heavy (non-hydrogen) atoms. The van der Waals surface area contributed by atoms with Gasteiger partial charge in [0.25, 0.3) is 0 Å². The number of ether oxygens (including phenoxy) is 1. The lowest BCUT2D eigenvalue weighted by Gasteiger charge is -2.13. The van der Waals surface area contributed by atoms with E-state index in [9.17, 15) is 9.90 Å². The second-order valence-corrected chi connectivity index (χ2v) is 5.61. The maximum absolute atomic E-state index is 10.7. The molecule has 0 aliphatic heterocycles. The van der Waals surface area contributed by atoms with E-state index in [0.717, 1.165) is 28.9 Å². The van der Waals surface area contributed by atoms with Crippen molar-refractivity contribution in [2.24, 2.45) is 0 Å². The Balaban J connectivity index is 2.97. The number of aliphatic carboxylic acids is 1. The summed E-state index contributed by atoms with van der Waals surface area (Å²) in [5.41, 5.74) is 2.64. The van der Waals surface area contributed by atoms with Crippen molar-refractivity contribution in [1.29, 1.82) is 0 Å². The van der Waals surface area contributed by atoms with Gasteiger partial charge in [0, 0.05) is 6.42 Å². The van der Waals surface area contributed by atoms with E-state index in [4.69, 9.17) is 9.84 Å². The molecule has 0 spiro atoms. The minimum Gasteiger partial charge on any atom is -0.508 e. The van der Waals surface area contributed by atoms with E-state index in [1.165, 1.54) is 0 Å². The van der Waals surface area contributed by atoms with Crippen LogP contribution in [0.4, 0.5) is 0 Å². The van der Waals surface area contributed by atoms with E-state index < -0.39 is 5.97 Å². The van der Waals surface area contributed by atoms with Gasteiger partial charge in [-0.25, -0.2) is 0 Å². The molecule has 0 aliphatic carbocycles. The molecule has 0 fully saturated rings. The predicted molar refractivity (Wildman–Crippen MR) is 96.2 cm³/mol. The predicted octanol–water partition coefficient (Wildman–Crippen LogP) is 5.13. The zero-order chi connectivity index (χ0) is 18.1. The quantitative estimate of drug-likeness (QED) is 0.512. The first-order valence-electron chi connectivity index (χ1n) is 8.10. The molecule has 0 heterocycles. The summed E-state index contributed by atoms with van der Waals surface area (Å²) in [6.45, 7) is 7.69. The Morgan fingerprint density at radius 3 is 2.54 bits per heavy atom. The van der Waals surface area contributed by atoms with Crippen LogP contribution in [0.5, 0.6) is 11.5 Å². The number of carboxylic acid groups (broad SMARTS) is 1. The number of benzene rings is 1. The number of phenols is 1. The van der Waals surface area contributed by atoms with Gasteiger partial charge >= 0.3 is 5.97 Å². The van der Waals surface area contributed by atoms with Gasteiger partial charge in [-0.3, -0.25) is 4.79 Å². The maximum Gasteiger partial charge on any atom is 0.303 e. The molecule has 0 radical (unpaired) electrons. The highest BCUT2D eigenvalue weighted by atomic mass is 16.5. The van der Waals surface area contributed by atoms with Gasteiger partial charge in [0.05, 0.1) is 0 Å². The summed E-state index contributed by atoms with van der Waals surface area (Å²) in [6.07, 6.45) is 7.27. The Hall–Kier alpha value is -2.49. The number of hydrogen-bond donors (Lipinski definition) is 2. The highest BCUT2D eigenvalue weighted by Gasteiger charge is 2.07. The number of rotatable bonds is 8. The third-order valence-corrected chi connectivity index (χ3v) is 3.57.